The number of rotatable bonds is 5. The summed E-state index contributed by atoms with van der Waals surface area (Å²) in [7, 11) is 1.35. The number of hydrogen-bond acceptors (Lipinski definition) is 6. The van der Waals surface area contributed by atoms with Crippen molar-refractivity contribution in [2.45, 2.75) is 19.1 Å². The molecule has 2 atom stereocenters. The number of carbonyl (C=O) groups excluding carboxylic acids is 1. The molecule has 0 bridgehead atoms. The SMILES string of the molecule is CCOC(=O)C(O)C(O)c1cc(Br)cc(OC)c1O. The first kappa shape index (κ1) is 15.7. The van der Waals surface area contributed by atoms with Gasteiger partial charge in [-0.2, -0.15) is 0 Å². The van der Waals surface area contributed by atoms with Gasteiger partial charge in [0.15, 0.2) is 17.6 Å². The first-order valence-electron chi connectivity index (χ1n) is 5.51. The summed E-state index contributed by atoms with van der Waals surface area (Å²) in [4.78, 5) is 11.4. The molecule has 0 aromatic heterocycles. The minimum atomic E-state index is -1.79. The number of aliphatic hydroxyl groups is 2. The number of methoxy groups -OCH3 is 1. The zero-order valence-electron chi connectivity index (χ0n) is 10.5. The highest BCUT2D eigenvalue weighted by Gasteiger charge is 2.30. The van der Waals surface area contributed by atoms with E-state index in [4.69, 9.17) is 4.74 Å². The van der Waals surface area contributed by atoms with Gasteiger partial charge in [-0.15, -0.1) is 0 Å². The Balaban J connectivity index is 3.08. The third-order valence-electron chi connectivity index (χ3n) is 2.43. The number of hydrogen-bond donors (Lipinski definition) is 3. The second kappa shape index (κ2) is 6.74. The maximum atomic E-state index is 11.4. The summed E-state index contributed by atoms with van der Waals surface area (Å²) >= 11 is 3.17. The molecular formula is C12H15BrO6. The van der Waals surface area contributed by atoms with E-state index in [0.29, 0.717) is 4.47 Å². The van der Waals surface area contributed by atoms with E-state index in [1.165, 1.54) is 19.2 Å². The zero-order chi connectivity index (χ0) is 14.6. The summed E-state index contributed by atoms with van der Waals surface area (Å²) in [6.07, 6.45) is -3.41. The molecule has 0 spiro atoms. The lowest BCUT2D eigenvalue weighted by atomic mass is 10.0. The number of esters is 1. The Morgan fingerprint density at radius 1 is 1.42 bits per heavy atom. The van der Waals surface area contributed by atoms with Gasteiger partial charge in [0, 0.05) is 10.0 Å². The van der Waals surface area contributed by atoms with Gasteiger partial charge in [-0.3, -0.25) is 0 Å². The number of aliphatic hydroxyl groups excluding tert-OH is 2. The van der Waals surface area contributed by atoms with Gasteiger partial charge in [-0.25, -0.2) is 4.79 Å². The summed E-state index contributed by atoms with van der Waals surface area (Å²) in [5.41, 5.74) is -0.0354. The highest BCUT2D eigenvalue weighted by molar-refractivity contribution is 9.10. The van der Waals surface area contributed by atoms with E-state index in [0.717, 1.165) is 0 Å². The van der Waals surface area contributed by atoms with Crippen molar-refractivity contribution in [1.82, 2.24) is 0 Å². The molecule has 0 amide bonds. The second-order valence-corrected chi connectivity index (χ2v) is 4.60. The van der Waals surface area contributed by atoms with Crippen LogP contribution in [0, 0.1) is 0 Å². The molecule has 0 saturated heterocycles. The fourth-order valence-corrected chi connectivity index (χ4v) is 1.96. The van der Waals surface area contributed by atoms with Crippen molar-refractivity contribution in [3.05, 3.63) is 22.2 Å². The molecule has 1 rings (SSSR count). The standard InChI is InChI=1S/C12H15BrO6/c1-3-19-12(17)11(16)10(15)7-4-6(13)5-8(18-2)9(7)14/h4-5,10-11,14-16H,3H2,1-2H3. The molecule has 0 aliphatic heterocycles. The molecule has 6 nitrogen and oxygen atoms in total. The Morgan fingerprint density at radius 3 is 2.58 bits per heavy atom. The molecular weight excluding hydrogens is 320 g/mol. The molecule has 0 radical (unpaired) electrons. The van der Waals surface area contributed by atoms with Crippen LogP contribution in [-0.2, 0) is 9.53 Å². The van der Waals surface area contributed by atoms with Crippen LogP contribution < -0.4 is 4.74 Å². The van der Waals surface area contributed by atoms with E-state index in [1.807, 2.05) is 0 Å². The van der Waals surface area contributed by atoms with Crippen LogP contribution in [0.2, 0.25) is 0 Å². The normalized spacial score (nSPS) is 13.7. The van der Waals surface area contributed by atoms with E-state index in [1.54, 1.807) is 6.92 Å². The minimum Gasteiger partial charge on any atom is -0.504 e. The molecule has 2 unspecified atom stereocenters. The Hall–Kier alpha value is -1.31. The Kier molecular flexibility index (Phi) is 5.59. The monoisotopic (exact) mass is 334 g/mol. The minimum absolute atomic E-state index is 0.0354. The van der Waals surface area contributed by atoms with Gasteiger partial charge in [-0.05, 0) is 19.1 Å². The van der Waals surface area contributed by atoms with Crippen molar-refractivity contribution < 1.29 is 29.6 Å². The highest BCUT2D eigenvalue weighted by Crippen LogP contribution is 2.38. The summed E-state index contributed by atoms with van der Waals surface area (Å²) in [5.74, 6) is -1.20. The van der Waals surface area contributed by atoms with Gasteiger partial charge < -0.3 is 24.8 Å². The second-order valence-electron chi connectivity index (χ2n) is 3.69. The lowest BCUT2D eigenvalue weighted by molar-refractivity contribution is -0.159. The average molecular weight is 335 g/mol. The lowest BCUT2D eigenvalue weighted by Gasteiger charge is -2.19. The van der Waals surface area contributed by atoms with Crippen LogP contribution in [0.5, 0.6) is 11.5 Å². The molecule has 0 saturated carbocycles. The van der Waals surface area contributed by atoms with Crippen molar-refractivity contribution in [2.24, 2.45) is 0 Å². The van der Waals surface area contributed by atoms with Crippen molar-refractivity contribution in [2.75, 3.05) is 13.7 Å². The van der Waals surface area contributed by atoms with Crippen LogP contribution in [0.4, 0.5) is 0 Å². The largest absolute Gasteiger partial charge is 0.504 e. The molecule has 3 N–H and O–H groups in total. The third kappa shape index (κ3) is 3.59. The van der Waals surface area contributed by atoms with Gasteiger partial charge in [0.05, 0.1) is 13.7 Å². The Morgan fingerprint density at radius 2 is 2.05 bits per heavy atom. The van der Waals surface area contributed by atoms with Gasteiger partial charge in [0.1, 0.15) is 6.10 Å². The summed E-state index contributed by atoms with van der Waals surface area (Å²) < 4.78 is 10.0. The van der Waals surface area contributed by atoms with Crippen molar-refractivity contribution in [3.8, 4) is 11.5 Å². The van der Waals surface area contributed by atoms with Gasteiger partial charge >= 0.3 is 5.97 Å². The third-order valence-corrected chi connectivity index (χ3v) is 2.89. The molecule has 19 heavy (non-hydrogen) atoms. The maximum absolute atomic E-state index is 11.4. The molecule has 0 fully saturated rings. The van der Waals surface area contributed by atoms with E-state index in [-0.39, 0.29) is 23.7 Å². The molecule has 1 aromatic carbocycles. The van der Waals surface area contributed by atoms with Crippen molar-refractivity contribution >= 4 is 21.9 Å². The Labute approximate surface area is 118 Å². The summed E-state index contributed by atoms with van der Waals surface area (Å²) in [6.45, 7) is 1.66. The highest BCUT2D eigenvalue weighted by atomic mass is 79.9. The van der Waals surface area contributed by atoms with Gasteiger partial charge in [0.25, 0.3) is 0 Å². The van der Waals surface area contributed by atoms with E-state index in [9.17, 15) is 20.1 Å². The predicted octanol–water partition coefficient (Wildman–Crippen LogP) is 1.12. The summed E-state index contributed by atoms with van der Waals surface area (Å²) in [6, 6.07) is 2.87. The number of carbonyl (C=O) groups is 1. The van der Waals surface area contributed by atoms with Gasteiger partial charge in [0.2, 0.25) is 0 Å². The number of phenolic OH excluding ortho intramolecular Hbond substituents is 1. The predicted molar refractivity (Wildman–Crippen MR) is 70.0 cm³/mol. The van der Waals surface area contributed by atoms with E-state index < -0.39 is 18.2 Å². The molecule has 0 aliphatic rings. The van der Waals surface area contributed by atoms with E-state index >= 15 is 0 Å². The summed E-state index contributed by atoms with van der Waals surface area (Å²) in [5, 5.41) is 29.5. The van der Waals surface area contributed by atoms with Crippen LogP contribution >= 0.6 is 15.9 Å². The number of ether oxygens (including phenoxy) is 2. The fourth-order valence-electron chi connectivity index (χ4n) is 1.50. The Bertz CT molecular complexity index is 462. The molecule has 0 heterocycles. The zero-order valence-corrected chi connectivity index (χ0v) is 12.0. The molecule has 7 heteroatoms. The lowest BCUT2D eigenvalue weighted by Crippen LogP contribution is -2.30. The van der Waals surface area contributed by atoms with Crippen molar-refractivity contribution in [1.29, 1.82) is 0 Å². The smallest absolute Gasteiger partial charge is 0.338 e. The molecule has 0 aliphatic carbocycles. The maximum Gasteiger partial charge on any atom is 0.338 e. The van der Waals surface area contributed by atoms with Crippen LogP contribution in [0.15, 0.2) is 16.6 Å². The number of aromatic hydroxyl groups is 1. The quantitative estimate of drug-likeness (QED) is 0.698. The van der Waals surface area contributed by atoms with E-state index in [2.05, 4.69) is 20.7 Å². The fraction of sp³-hybridized carbons (Fsp3) is 0.417. The van der Waals surface area contributed by atoms with Crippen molar-refractivity contribution in [3.63, 3.8) is 0 Å². The molecule has 1 aromatic rings. The first-order chi connectivity index (χ1) is 8.92. The van der Waals surface area contributed by atoms with Crippen LogP contribution in [0.1, 0.15) is 18.6 Å². The topological polar surface area (TPSA) is 96.2 Å². The number of benzene rings is 1. The molecule has 106 valence electrons. The number of halogens is 1. The van der Waals surface area contributed by atoms with Crippen LogP contribution in [-0.4, -0.2) is 41.1 Å². The van der Waals surface area contributed by atoms with Crippen LogP contribution in [0.25, 0.3) is 0 Å². The van der Waals surface area contributed by atoms with Crippen LogP contribution in [0.3, 0.4) is 0 Å². The number of phenols is 1. The average Bonchev–Trinajstić information content (AvgIpc) is 2.39. The van der Waals surface area contributed by atoms with Gasteiger partial charge in [-0.1, -0.05) is 15.9 Å². The first-order valence-corrected chi connectivity index (χ1v) is 6.30.